The molecule has 0 fully saturated rings. The number of hydrogen-bond acceptors (Lipinski definition) is 4. The van der Waals surface area contributed by atoms with Crippen molar-refractivity contribution in [1.82, 2.24) is 20.6 Å². The third-order valence-electron chi connectivity index (χ3n) is 3.94. The fourth-order valence-corrected chi connectivity index (χ4v) is 2.53. The lowest BCUT2D eigenvalue weighted by molar-refractivity contribution is 0.571. The van der Waals surface area contributed by atoms with Crippen molar-refractivity contribution in [2.24, 2.45) is 4.99 Å². The number of guanidine groups is 1. The molecule has 7 heteroatoms. The Bertz CT molecular complexity index is 862. The van der Waals surface area contributed by atoms with Gasteiger partial charge in [0.15, 0.2) is 5.96 Å². The second-order valence-corrected chi connectivity index (χ2v) is 5.90. The van der Waals surface area contributed by atoms with Crippen molar-refractivity contribution >= 4 is 5.96 Å². The van der Waals surface area contributed by atoms with Gasteiger partial charge in [-0.25, -0.2) is 9.37 Å². The van der Waals surface area contributed by atoms with E-state index in [1.54, 1.807) is 31.6 Å². The van der Waals surface area contributed by atoms with Gasteiger partial charge in [-0.3, -0.25) is 9.98 Å². The fraction of sp³-hybridized carbons (Fsp3) is 0.250. The Morgan fingerprint density at radius 3 is 2.44 bits per heavy atom. The monoisotopic (exact) mass is 367 g/mol. The van der Waals surface area contributed by atoms with Gasteiger partial charge >= 0.3 is 0 Å². The molecule has 0 saturated carbocycles. The SMILES string of the molecule is CN=C(NCCc1ccccn1)NCCc1coc(-c2ccc(F)cc2)n1. The number of benzene rings is 1. The number of nitrogens with one attached hydrogen (secondary N) is 2. The minimum absolute atomic E-state index is 0.281. The van der Waals surface area contributed by atoms with Gasteiger partial charge < -0.3 is 15.1 Å². The molecule has 0 unspecified atom stereocenters. The zero-order valence-electron chi connectivity index (χ0n) is 15.2. The van der Waals surface area contributed by atoms with Crippen LogP contribution in [-0.4, -0.2) is 36.1 Å². The molecular weight excluding hydrogens is 345 g/mol. The maximum atomic E-state index is 13.0. The fourth-order valence-electron chi connectivity index (χ4n) is 2.53. The number of oxazole rings is 1. The first kappa shape index (κ1) is 18.6. The summed E-state index contributed by atoms with van der Waals surface area (Å²) in [6.45, 7) is 1.41. The molecule has 27 heavy (non-hydrogen) atoms. The first-order chi connectivity index (χ1) is 13.2. The van der Waals surface area contributed by atoms with Crippen molar-refractivity contribution in [2.75, 3.05) is 20.1 Å². The predicted molar refractivity (Wildman–Crippen MR) is 103 cm³/mol. The van der Waals surface area contributed by atoms with Crippen LogP contribution in [0, 0.1) is 5.82 Å². The molecule has 0 saturated heterocycles. The van der Waals surface area contributed by atoms with Crippen LogP contribution >= 0.6 is 0 Å². The smallest absolute Gasteiger partial charge is 0.226 e. The summed E-state index contributed by atoms with van der Waals surface area (Å²) < 4.78 is 18.5. The van der Waals surface area contributed by atoms with Crippen LogP contribution in [-0.2, 0) is 12.8 Å². The molecule has 0 radical (unpaired) electrons. The summed E-state index contributed by atoms with van der Waals surface area (Å²) in [5, 5.41) is 6.51. The van der Waals surface area contributed by atoms with E-state index in [1.165, 1.54) is 12.1 Å². The van der Waals surface area contributed by atoms with Crippen LogP contribution in [0.3, 0.4) is 0 Å². The Morgan fingerprint density at radius 2 is 1.78 bits per heavy atom. The summed E-state index contributed by atoms with van der Waals surface area (Å²) in [7, 11) is 1.73. The molecule has 0 aliphatic rings. The molecular formula is C20H22FN5O. The molecule has 0 aliphatic heterocycles. The second kappa shape index (κ2) is 9.47. The van der Waals surface area contributed by atoms with Gasteiger partial charge in [0.05, 0.1) is 5.69 Å². The highest BCUT2D eigenvalue weighted by molar-refractivity contribution is 5.79. The van der Waals surface area contributed by atoms with Gasteiger partial charge in [-0.15, -0.1) is 0 Å². The minimum Gasteiger partial charge on any atom is -0.444 e. The molecule has 1 aromatic carbocycles. The van der Waals surface area contributed by atoms with Gasteiger partial charge in [-0.2, -0.15) is 0 Å². The van der Waals surface area contributed by atoms with Gasteiger partial charge in [0.1, 0.15) is 12.1 Å². The standard InChI is InChI=1S/C20H22FN5O/c1-22-20(24-12-9-17-4-2-3-11-23-17)25-13-10-18-14-27-19(26-18)15-5-7-16(21)8-6-15/h2-8,11,14H,9-10,12-13H2,1H3,(H2,22,24,25). The van der Waals surface area contributed by atoms with Crippen molar-refractivity contribution in [2.45, 2.75) is 12.8 Å². The molecule has 0 spiro atoms. The Kier molecular flexibility index (Phi) is 6.51. The second-order valence-electron chi connectivity index (χ2n) is 5.90. The van der Waals surface area contributed by atoms with E-state index in [1.807, 2.05) is 18.2 Å². The average Bonchev–Trinajstić information content (AvgIpc) is 3.17. The van der Waals surface area contributed by atoms with Crippen LogP contribution in [0.4, 0.5) is 4.39 Å². The van der Waals surface area contributed by atoms with Crippen LogP contribution in [0.5, 0.6) is 0 Å². The Morgan fingerprint density at radius 1 is 1.04 bits per heavy atom. The topological polar surface area (TPSA) is 75.3 Å². The summed E-state index contributed by atoms with van der Waals surface area (Å²) in [6, 6.07) is 12.0. The van der Waals surface area contributed by atoms with E-state index in [9.17, 15) is 4.39 Å². The number of hydrogen-bond donors (Lipinski definition) is 2. The highest BCUT2D eigenvalue weighted by Crippen LogP contribution is 2.18. The summed E-state index contributed by atoms with van der Waals surface area (Å²) in [5.41, 5.74) is 2.62. The normalized spacial score (nSPS) is 11.4. The molecule has 140 valence electrons. The summed E-state index contributed by atoms with van der Waals surface area (Å²) in [4.78, 5) is 12.9. The molecule has 2 N–H and O–H groups in total. The lowest BCUT2D eigenvalue weighted by Gasteiger charge is -2.11. The van der Waals surface area contributed by atoms with E-state index in [-0.39, 0.29) is 5.82 Å². The van der Waals surface area contributed by atoms with E-state index in [4.69, 9.17) is 4.42 Å². The Labute approximate surface area is 157 Å². The van der Waals surface area contributed by atoms with Crippen LogP contribution in [0.25, 0.3) is 11.5 Å². The largest absolute Gasteiger partial charge is 0.444 e. The molecule has 6 nitrogen and oxygen atoms in total. The number of aliphatic imine (C=N–C) groups is 1. The summed E-state index contributed by atoms with van der Waals surface area (Å²) in [6.07, 6.45) is 4.93. The molecule has 2 aromatic heterocycles. The first-order valence-electron chi connectivity index (χ1n) is 8.79. The van der Waals surface area contributed by atoms with Gasteiger partial charge in [0.2, 0.25) is 5.89 Å². The van der Waals surface area contributed by atoms with E-state index in [2.05, 4.69) is 25.6 Å². The van der Waals surface area contributed by atoms with Gasteiger partial charge in [-0.1, -0.05) is 6.07 Å². The molecule has 2 heterocycles. The van der Waals surface area contributed by atoms with Gasteiger partial charge in [0.25, 0.3) is 0 Å². The van der Waals surface area contributed by atoms with Gasteiger partial charge in [0, 0.05) is 50.4 Å². The third kappa shape index (κ3) is 5.64. The maximum absolute atomic E-state index is 13.0. The van der Waals surface area contributed by atoms with Crippen LogP contribution < -0.4 is 10.6 Å². The van der Waals surface area contributed by atoms with Gasteiger partial charge in [-0.05, 0) is 36.4 Å². The highest BCUT2D eigenvalue weighted by Gasteiger charge is 2.07. The van der Waals surface area contributed by atoms with Crippen LogP contribution in [0.2, 0.25) is 0 Å². The molecule has 3 aromatic rings. The van der Waals surface area contributed by atoms with E-state index in [0.29, 0.717) is 18.9 Å². The molecule has 0 atom stereocenters. The lowest BCUT2D eigenvalue weighted by Crippen LogP contribution is -2.39. The van der Waals surface area contributed by atoms with Crippen molar-refractivity contribution < 1.29 is 8.81 Å². The van der Waals surface area contributed by atoms with E-state index in [0.717, 1.165) is 35.9 Å². The number of nitrogens with zero attached hydrogens (tertiary/aromatic N) is 3. The quantitative estimate of drug-likeness (QED) is 0.496. The molecule has 0 amide bonds. The molecule has 0 bridgehead atoms. The average molecular weight is 367 g/mol. The van der Waals surface area contributed by atoms with Crippen LogP contribution in [0.1, 0.15) is 11.4 Å². The van der Waals surface area contributed by atoms with Crippen molar-refractivity contribution in [1.29, 1.82) is 0 Å². The third-order valence-corrected chi connectivity index (χ3v) is 3.94. The van der Waals surface area contributed by atoms with E-state index >= 15 is 0 Å². The number of aromatic nitrogens is 2. The zero-order valence-corrected chi connectivity index (χ0v) is 15.2. The minimum atomic E-state index is -0.281. The highest BCUT2D eigenvalue weighted by atomic mass is 19.1. The molecule has 3 rings (SSSR count). The Hall–Kier alpha value is -3.22. The lowest BCUT2D eigenvalue weighted by atomic mass is 10.2. The number of pyridine rings is 1. The van der Waals surface area contributed by atoms with E-state index < -0.39 is 0 Å². The maximum Gasteiger partial charge on any atom is 0.226 e. The zero-order chi connectivity index (χ0) is 18.9. The number of halogens is 1. The van der Waals surface area contributed by atoms with Crippen LogP contribution in [0.15, 0.2) is 64.3 Å². The molecule has 0 aliphatic carbocycles. The predicted octanol–water partition coefficient (Wildman–Crippen LogP) is 2.83. The van der Waals surface area contributed by atoms with Crippen molar-refractivity contribution in [3.05, 3.63) is 72.1 Å². The summed E-state index contributed by atoms with van der Waals surface area (Å²) >= 11 is 0. The first-order valence-corrected chi connectivity index (χ1v) is 8.79. The summed E-state index contributed by atoms with van der Waals surface area (Å²) in [5.74, 6) is 0.938. The van der Waals surface area contributed by atoms with Crippen molar-refractivity contribution in [3.63, 3.8) is 0 Å². The Balaban J connectivity index is 1.42. The number of rotatable bonds is 7. The van der Waals surface area contributed by atoms with Crippen molar-refractivity contribution in [3.8, 4) is 11.5 Å².